The number of anilines is 3. The first-order chi connectivity index (χ1) is 19.5. The molecule has 41 heavy (non-hydrogen) atoms. The molecule has 2 amide bonds. The van der Waals surface area contributed by atoms with Crippen molar-refractivity contribution in [2.24, 2.45) is 0 Å². The molecule has 1 atom stereocenters. The van der Waals surface area contributed by atoms with E-state index in [1.165, 1.54) is 4.90 Å². The van der Waals surface area contributed by atoms with Gasteiger partial charge in [0.1, 0.15) is 17.5 Å². The maximum atomic E-state index is 12.5. The van der Waals surface area contributed by atoms with E-state index in [2.05, 4.69) is 49.7 Å². The third-order valence-electron chi connectivity index (χ3n) is 6.06. The van der Waals surface area contributed by atoms with Gasteiger partial charge in [0.25, 0.3) is 0 Å². The standard InChI is InChI=1S/C31H41N7O3/c1-8-17-32-27-24(12-10-9-11-18-33-28(39)22(3)38(7)30(40)41-31(4,5)6)20-34-29(37-27)36-25-15-16-26-23(19-25)14-13-21(2)35-26/h13-16,19-20,22H,8-9,11,17-18H2,1-7H3,(H,33,39)(H2,32,34,36,37)/t22-/m0/s1. The third-order valence-corrected chi connectivity index (χ3v) is 6.06. The molecule has 0 unspecified atom stereocenters. The van der Waals surface area contributed by atoms with E-state index in [0.29, 0.717) is 36.7 Å². The predicted octanol–water partition coefficient (Wildman–Crippen LogP) is 5.40. The van der Waals surface area contributed by atoms with Crippen molar-refractivity contribution < 1.29 is 14.3 Å². The van der Waals surface area contributed by atoms with Crippen LogP contribution in [-0.2, 0) is 9.53 Å². The lowest BCUT2D eigenvalue weighted by Gasteiger charge is -2.28. The summed E-state index contributed by atoms with van der Waals surface area (Å²) >= 11 is 0. The van der Waals surface area contributed by atoms with Gasteiger partial charge in [0.05, 0.1) is 17.3 Å². The van der Waals surface area contributed by atoms with Gasteiger partial charge in [-0.2, -0.15) is 4.98 Å². The van der Waals surface area contributed by atoms with Crippen LogP contribution in [0.1, 0.15) is 65.1 Å². The molecule has 218 valence electrons. The first kappa shape index (κ1) is 31.1. The Morgan fingerprint density at radius 2 is 1.90 bits per heavy atom. The van der Waals surface area contributed by atoms with Crippen molar-refractivity contribution in [2.75, 3.05) is 30.8 Å². The van der Waals surface area contributed by atoms with Crippen LogP contribution in [0.4, 0.5) is 22.2 Å². The number of aryl methyl sites for hydroxylation is 1. The molecule has 0 saturated heterocycles. The van der Waals surface area contributed by atoms with Crippen molar-refractivity contribution in [3.8, 4) is 11.8 Å². The van der Waals surface area contributed by atoms with Crippen molar-refractivity contribution in [1.29, 1.82) is 0 Å². The van der Waals surface area contributed by atoms with Gasteiger partial charge in [-0.05, 0) is 71.7 Å². The van der Waals surface area contributed by atoms with Gasteiger partial charge in [-0.1, -0.05) is 24.8 Å². The number of benzene rings is 1. The van der Waals surface area contributed by atoms with Gasteiger partial charge in [0.15, 0.2) is 0 Å². The van der Waals surface area contributed by atoms with Crippen LogP contribution < -0.4 is 16.0 Å². The molecule has 0 radical (unpaired) electrons. The normalized spacial score (nSPS) is 11.7. The minimum Gasteiger partial charge on any atom is -0.444 e. The van der Waals surface area contributed by atoms with Gasteiger partial charge in [-0.3, -0.25) is 14.7 Å². The summed E-state index contributed by atoms with van der Waals surface area (Å²) in [5, 5.41) is 10.5. The van der Waals surface area contributed by atoms with Gasteiger partial charge in [-0.15, -0.1) is 0 Å². The van der Waals surface area contributed by atoms with Gasteiger partial charge < -0.3 is 20.7 Å². The zero-order chi connectivity index (χ0) is 30.0. The van der Waals surface area contributed by atoms with Crippen molar-refractivity contribution in [1.82, 2.24) is 25.2 Å². The van der Waals surface area contributed by atoms with E-state index in [4.69, 9.17) is 4.74 Å². The molecule has 0 bridgehead atoms. The molecule has 10 nitrogen and oxygen atoms in total. The number of ether oxygens (including phenoxy) is 1. The Balaban J connectivity index is 1.55. The molecule has 0 spiro atoms. The highest BCUT2D eigenvalue weighted by molar-refractivity contribution is 5.85. The number of unbranched alkanes of at least 4 members (excludes halogenated alkanes) is 1. The summed E-state index contributed by atoms with van der Waals surface area (Å²) in [6, 6.07) is 9.34. The lowest BCUT2D eigenvalue weighted by Crippen LogP contribution is -2.47. The van der Waals surface area contributed by atoms with Crippen LogP contribution in [-0.4, -0.2) is 63.6 Å². The summed E-state index contributed by atoms with van der Waals surface area (Å²) in [5.41, 5.74) is 2.88. The average molecular weight is 560 g/mol. The first-order valence-corrected chi connectivity index (χ1v) is 13.9. The van der Waals surface area contributed by atoms with Crippen LogP contribution in [0, 0.1) is 18.8 Å². The van der Waals surface area contributed by atoms with E-state index in [1.54, 1.807) is 40.9 Å². The second-order valence-corrected chi connectivity index (χ2v) is 10.8. The van der Waals surface area contributed by atoms with E-state index in [0.717, 1.165) is 35.2 Å². The summed E-state index contributed by atoms with van der Waals surface area (Å²) in [4.78, 5) is 39.6. The molecule has 0 aliphatic heterocycles. The van der Waals surface area contributed by atoms with Crippen molar-refractivity contribution in [2.45, 2.75) is 72.4 Å². The number of nitrogens with zero attached hydrogens (tertiary/aromatic N) is 4. The van der Waals surface area contributed by atoms with Crippen LogP contribution >= 0.6 is 0 Å². The topological polar surface area (TPSA) is 121 Å². The molecule has 3 rings (SSSR count). The molecule has 0 aliphatic rings. The van der Waals surface area contributed by atoms with E-state index in [-0.39, 0.29) is 5.91 Å². The maximum absolute atomic E-state index is 12.5. The number of amides is 2. The molecular formula is C31H41N7O3. The maximum Gasteiger partial charge on any atom is 0.410 e. The average Bonchev–Trinajstić information content (AvgIpc) is 2.92. The van der Waals surface area contributed by atoms with Crippen molar-refractivity contribution in [3.05, 3.63) is 47.8 Å². The number of aromatic nitrogens is 3. The smallest absolute Gasteiger partial charge is 0.410 e. The van der Waals surface area contributed by atoms with Crippen LogP contribution in [0.25, 0.3) is 10.9 Å². The van der Waals surface area contributed by atoms with E-state index >= 15 is 0 Å². The van der Waals surface area contributed by atoms with Gasteiger partial charge in [-0.25, -0.2) is 9.78 Å². The molecule has 0 saturated carbocycles. The van der Waals surface area contributed by atoms with Crippen LogP contribution in [0.3, 0.4) is 0 Å². The van der Waals surface area contributed by atoms with E-state index in [9.17, 15) is 9.59 Å². The third kappa shape index (κ3) is 9.64. The monoisotopic (exact) mass is 559 g/mol. The SMILES string of the molecule is CCCNc1nc(Nc2ccc3nc(C)ccc3c2)ncc1C#CCCCNC(=O)[C@H](C)N(C)C(=O)OC(C)(C)C. The molecule has 3 aromatic rings. The zero-order valence-corrected chi connectivity index (χ0v) is 25.1. The number of likely N-dealkylation sites (N-methyl/N-ethyl adjacent to an activating group) is 1. The number of carbonyl (C=O) groups is 2. The Hall–Kier alpha value is -4.39. The Morgan fingerprint density at radius 3 is 2.63 bits per heavy atom. The van der Waals surface area contributed by atoms with Crippen molar-refractivity contribution >= 4 is 40.4 Å². The molecule has 10 heteroatoms. The summed E-state index contributed by atoms with van der Waals surface area (Å²) in [7, 11) is 1.55. The highest BCUT2D eigenvalue weighted by Gasteiger charge is 2.26. The lowest BCUT2D eigenvalue weighted by molar-refractivity contribution is -0.125. The van der Waals surface area contributed by atoms with Gasteiger partial charge in [0.2, 0.25) is 11.9 Å². The lowest BCUT2D eigenvalue weighted by atomic mass is 10.2. The highest BCUT2D eigenvalue weighted by atomic mass is 16.6. The van der Waals surface area contributed by atoms with Gasteiger partial charge >= 0.3 is 6.09 Å². The number of pyridine rings is 1. The number of nitrogens with one attached hydrogen (secondary N) is 3. The number of rotatable bonds is 10. The van der Waals surface area contributed by atoms with Crippen molar-refractivity contribution in [3.63, 3.8) is 0 Å². The summed E-state index contributed by atoms with van der Waals surface area (Å²) in [6.45, 7) is 12.3. The Labute approximate surface area is 242 Å². The second kappa shape index (κ2) is 14.3. The molecule has 1 aromatic carbocycles. The predicted molar refractivity (Wildman–Crippen MR) is 163 cm³/mol. The Bertz CT molecular complexity index is 1420. The quantitative estimate of drug-likeness (QED) is 0.223. The largest absolute Gasteiger partial charge is 0.444 e. The number of fused-ring (bicyclic) bond motifs is 1. The molecular weight excluding hydrogens is 518 g/mol. The number of carbonyl (C=O) groups excluding carboxylic acids is 2. The van der Waals surface area contributed by atoms with Crippen LogP contribution in [0.15, 0.2) is 36.5 Å². The molecule has 2 heterocycles. The minimum atomic E-state index is -0.650. The fourth-order valence-corrected chi connectivity index (χ4v) is 3.71. The Kier molecular flexibility index (Phi) is 10.9. The fraction of sp³-hybridized carbons (Fsp3) is 0.452. The summed E-state index contributed by atoms with van der Waals surface area (Å²) in [6.07, 6.45) is 3.36. The van der Waals surface area contributed by atoms with Crippen LogP contribution in [0.5, 0.6) is 0 Å². The summed E-state index contributed by atoms with van der Waals surface area (Å²) in [5.74, 6) is 7.20. The first-order valence-electron chi connectivity index (χ1n) is 13.9. The number of hydrogen-bond acceptors (Lipinski definition) is 8. The molecule has 0 fully saturated rings. The molecule has 3 N–H and O–H groups in total. The second-order valence-electron chi connectivity index (χ2n) is 10.8. The zero-order valence-electron chi connectivity index (χ0n) is 25.1. The van der Waals surface area contributed by atoms with E-state index in [1.807, 2.05) is 37.3 Å². The van der Waals surface area contributed by atoms with Gasteiger partial charge in [0, 0.05) is 43.3 Å². The van der Waals surface area contributed by atoms with E-state index < -0.39 is 17.7 Å². The fourth-order valence-electron chi connectivity index (χ4n) is 3.71. The van der Waals surface area contributed by atoms with Crippen LogP contribution in [0.2, 0.25) is 0 Å². The molecule has 2 aromatic heterocycles. The highest BCUT2D eigenvalue weighted by Crippen LogP contribution is 2.22. The Morgan fingerprint density at radius 1 is 1.12 bits per heavy atom. The molecule has 0 aliphatic carbocycles. The number of hydrogen-bond donors (Lipinski definition) is 3. The summed E-state index contributed by atoms with van der Waals surface area (Å²) < 4.78 is 5.33. The minimum absolute atomic E-state index is 0.244.